The van der Waals surface area contributed by atoms with Gasteiger partial charge >= 0.3 is 0 Å². The maximum Gasteiger partial charge on any atom is 0.229 e. The average Bonchev–Trinajstić information content (AvgIpc) is 2.84. The summed E-state index contributed by atoms with van der Waals surface area (Å²) < 4.78 is 4.87. The second kappa shape index (κ2) is 7.42. The first-order chi connectivity index (χ1) is 10.5. The van der Waals surface area contributed by atoms with Crippen molar-refractivity contribution in [1.82, 2.24) is 10.1 Å². The third-order valence-corrected chi connectivity index (χ3v) is 4.01. The molecule has 22 heavy (non-hydrogen) atoms. The number of aromatic nitrogens is 1. The second-order valence-electron chi connectivity index (χ2n) is 5.14. The van der Waals surface area contributed by atoms with Crippen LogP contribution in [0.25, 0.3) is 0 Å². The summed E-state index contributed by atoms with van der Waals surface area (Å²) >= 11 is 5.91. The molecule has 1 N–H and O–H groups in total. The van der Waals surface area contributed by atoms with Crippen LogP contribution in [-0.4, -0.2) is 34.7 Å². The molecule has 1 aromatic carbocycles. The molecule has 0 aliphatic carbocycles. The molecule has 1 aromatic heterocycles. The predicted octanol–water partition coefficient (Wildman–Crippen LogP) is 2.76. The van der Waals surface area contributed by atoms with Gasteiger partial charge in [0.15, 0.2) is 0 Å². The van der Waals surface area contributed by atoms with E-state index in [1.165, 1.54) is 0 Å². The highest BCUT2D eigenvalue weighted by molar-refractivity contribution is 6.29. The number of nitrogens with zero attached hydrogens (tertiary/aromatic N) is 2. The number of hydrogen-bond donors (Lipinski definition) is 1. The number of aliphatic hydroxyl groups excluding tert-OH is 1. The molecule has 0 fully saturated rings. The number of amides is 1. The third-order valence-electron chi connectivity index (χ3n) is 3.71. The zero-order valence-electron chi connectivity index (χ0n) is 12.6. The highest BCUT2D eigenvalue weighted by Crippen LogP contribution is 2.25. The monoisotopic (exact) mass is 322 g/mol. The van der Waals surface area contributed by atoms with Crippen molar-refractivity contribution in [3.63, 3.8) is 0 Å². The number of rotatable bonds is 6. The van der Waals surface area contributed by atoms with Gasteiger partial charge in [0, 0.05) is 19.2 Å². The number of halogens is 1. The first-order valence-electron chi connectivity index (χ1n) is 7.06. The zero-order chi connectivity index (χ0) is 16.1. The molecule has 0 aliphatic heterocycles. The van der Waals surface area contributed by atoms with E-state index in [0.717, 1.165) is 5.56 Å². The van der Waals surface area contributed by atoms with E-state index in [1.807, 2.05) is 30.3 Å². The number of carbonyl (C=O) groups is 1. The van der Waals surface area contributed by atoms with Gasteiger partial charge in [0.2, 0.25) is 11.1 Å². The van der Waals surface area contributed by atoms with E-state index in [4.69, 9.17) is 16.1 Å². The Morgan fingerprint density at radius 1 is 1.41 bits per heavy atom. The number of benzene rings is 1. The Morgan fingerprint density at radius 2 is 2.09 bits per heavy atom. The molecule has 1 amide bonds. The van der Waals surface area contributed by atoms with E-state index in [2.05, 4.69) is 5.16 Å². The number of carbonyl (C=O) groups excluding carboxylic acids is 1. The molecule has 6 heteroatoms. The van der Waals surface area contributed by atoms with Gasteiger partial charge in [-0.05, 0) is 30.5 Å². The van der Waals surface area contributed by atoms with Gasteiger partial charge in [-0.25, -0.2) is 0 Å². The maximum absolute atomic E-state index is 12.5. The van der Waals surface area contributed by atoms with E-state index in [-0.39, 0.29) is 30.2 Å². The Kier molecular flexibility index (Phi) is 5.57. The smallest absolute Gasteiger partial charge is 0.229 e. The van der Waals surface area contributed by atoms with Crippen molar-refractivity contribution in [2.24, 2.45) is 0 Å². The Hall–Kier alpha value is -1.85. The summed E-state index contributed by atoms with van der Waals surface area (Å²) in [5.74, 6) is -0.101. The van der Waals surface area contributed by atoms with Crippen molar-refractivity contribution >= 4 is 17.5 Å². The molecule has 0 bridgehead atoms. The van der Waals surface area contributed by atoms with Crippen LogP contribution in [0.1, 0.15) is 29.3 Å². The van der Waals surface area contributed by atoms with Crippen LogP contribution < -0.4 is 0 Å². The van der Waals surface area contributed by atoms with Crippen LogP contribution in [0.2, 0.25) is 5.22 Å². The third kappa shape index (κ3) is 3.67. The first kappa shape index (κ1) is 16.5. The summed E-state index contributed by atoms with van der Waals surface area (Å²) in [6.45, 7) is 1.75. The minimum atomic E-state index is -0.183. The van der Waals surface area contributed by atoms with Crippen LogP contribution in [-0.2, 0) is 11.2 Å². The van der Waals surface area contributed by atoms with Crippen molar-refractivity contribution in [3.8, 4) is 0 Å². The number of aryl methyl sites for hydroxylation is 1. The van der Waals surface area contributed by atoms with Crippen LogP contribution in [0.15, 0.2) is 34.9 Å². The fourth-order valence-corrected chi connectivity index (χ4v) is 2.63. The van der Waals surface area contributed by atoms with Crippen LogP contribution in [0.3, 0.4) is 0 Å². The van der Waals surface area contributed by atoms with E-state index in [0.29, 0.717) is 17.7 Å². The summed E-state index contributed by atoms with van der Waals surface area (Å²) in [5.41, 5.74) is 2.21. The minimum Gasteiger partial charge on any atom is -0.396 e. The number of aliphatic hydroxyl groups is 1. The molecule has 0 spiro atoms. The lowest BCUT2D eigenvalue weighted by Crippen LogP contribution is -2.33. The summed E-state index contributed by atoms with van der Waals surface area (Å²) in [4.78, 5) is 14.2. The van der Waals surface area contributed by atoms with Crippen molar-refractivity contribution in [3.05, 3.63) is 52.4 Å². The molecule has 1 atom stereocenters. The van der Waals surface area contributed by atoms with Crippen molar-refractivity contribution < 1.29 is 14.4 Å². The summed E-state index contributed by atoms with van der Waals surface area (Å²) in [6, 6.07) is 9.46. The maximum atomic E-state index is 12.5. The van der Waals surface area contributed by atoms with Gasteiger partial charge in [0.1, 0.15) is 0 Å². The molecule has 1 unspecified atom stereocenters. The molecule has 0 saturated heterocycles. The van der Waals surface area contributed by atoms with E-state index in [9.17, 15) is 9.90 Å². The SMILES string of the molecule is Cc1noc(Cl)c1CC(=O)N(C)C(CCO)c1ccccc1. The summed E-state index contributed by atoms with van der Waals surface area (Å²) in [5, 5.41) is 13.2. The quantitative estimate of drug-likeness (QED) is 0.888. The first-order valence-corrected chi connectivity index (χ1v) is 7.44. The topological polar surface area (TPSA) is 66.6 Å². The van der Waals surface area contributed by atoms with Gasteiger partial charge in [-0.1, -0.05) is 35.5 Å². The van der Waals surface area contributed by atoms with Gasteiger partial charge in [-0.15, -0.1) is 0 Å². The highest BCUT2D eigenvalue weighted by Gasteiger charge is 2.23. The van der Waals surface area contributed by atoms with Crippen molar-refractivity contribution in [2.45, 2.75) is 25.8 Å². The fourth-order valence-electron chi connectivity index (χ4n) is 2.39. The highest BCUT2D eigenvalue weighted by atomic mass is 35.5. The molecule has 2 rings (SSSR count). The molecule has 0 saturated carbocycles. The lowest BCUT2D eigenvalue weighted by Gasteiger charge is -2.28. The zero-order valence-corrected chi connectivity index (χ0v) is 13.4. The largest absolute Gasteiger partial charge is 0.396 e. The number of hydrogen-bond acceptors (Lipinski definition) is 4. The summed E-state index contributed by atoms with van der Waals surface area (Å²) in [7, 11) is 1.73. The lowest BCUT2D eigenvalue weighted by atomic mass is 10.0. The van der Waals surface area contributed by atoms with Gasteiger partial charge < -0.3 is 14.5 Å². The van der Waals surface area contributed by atoms with Gasteiger partial charge in [-0.2, -0.15) is 0 Å². The van der Waals surface area contributed by atoms with Gasteiger partial charge in [0.05, 0.1) is 18.2 Å². The van der Waals surface area contributed by atoms with Gasteiger partial charge in [-0.3, -0.25) is 4.79 Å². The van der Waals surface area contributed by atoms with Crippen LogP contribution >= 0.6 is 11.6 Å². The van der Waals surface area contributed by atoms with E-state index < -0.39 is 0 Å². The molecular weight excluding hydrogens is 304 g/mol. The Balaban J connectivity index is 2.16. The lowest BCUT2D eigenvalue weighted by molar-refractivity contribution is -0.131. The number of likely N-dealkylation sites (N-methyl/N-ethyl adjacent to an activating group) is 1. The van der Waals surface area contributed by atoms with E-state index >= 15 is 0 Å². The normalized spacial score (nSPS) is 12.2. The Morgan fingerprint density at radius 3 is 2.64 bits per heavy atom. The summed E-state index contributed by atoms with van der Waals surface area (Å²) in [6.07, 6.45) is 0.599. The minimum absolute atomic E-state index is 0.00420. The molecule has 1 heterocycles. The average molecular weight is 323 g/mol. The molecule has 2 aromatic rings. The second-order valence-corrected chi connectivity index (χ2v) is 5.48. The predicted molar refractivity (Wildman–Crippen MR) is 83.6 cm³/mol. The standard InChI is InChI=1S/C16H19ClN2O3/c1-11-13(16(17)22-18-11)10-15(21)19(2)14(8-9-20)12-6-4-3-5-7-12/h3-7,14,20H,8-10H2,1-2H3. The Bertz CT molecular complexity index is 608. The van der Waals surface area contributed by atoms with Crippen LogP contribution in [0.4, 0.5) is 0 Å². The molecule has 118 valence electrons. The van der Waals surface area contributed by atoms with Crippen molar-refractivity contribution in [1.29, 1.82) is 0 Å². The van der Waals surface area contributed by atoms with Crippen molar-refractivity contribution in [2.75, 3.05) is 13.7 Å². The molecule has 0 radical (unpaired) electrons. The van der Waals surface area contributed by atoms with Gasteiger partial charge in [0.25, 0.3) is 0 Å². The van der Waals surface area contributed by atoms with E-state index in [1.54, 1.807) is 18.9 Å². The fraction of sp³-hybridized carbons (Fsp3) is 0.375. The molecular formula is C16H19ClN2O3. The molecule has 0 aliphatic rings. The molecule has 5 nitrogen and oxygen atoms in total. The van der Waals surface area contributed by atoms with Crippen LogP contribution in [0.5, 0.6) is 0 Å². The van der Waals surface area contributed by atoms with Crippen LogP contribution in [0, 0.1) is 6.92 Å². The Labute approximate surface area is 134 Å².